The van der Waals surface area contributed by atoms with Gasteiger partial charge in [0.1, 0.15) is 11.2 Å². The number of amides is 1. The van der Waals surface area contributed by atoms with Gasteiger partial charge in [-0.15, -0.1) is 11.6 Å². The molecule has 1 aliphatic rings. The molecular formula is C16H23ClN6OS. The number of hydrogen-bond acceptors (Lipinski definition) is 6. The van der Waals surface area contributed by atoms with E-state index in [-0.39, 0.29) is 5.91 Å². The number of fused-ring (bicyclic) bond motifs is 1. The molecule has 0 saturated carbocycles. The minimum absolute atomic E-state index is 0.173. The van der Waals surface area contributed by atoms with Gasteiger partial charge in [-0.2, -0.15) is 5.10 Å². The Morgan fingerprint density at radius 1 is 1.40 bits per heavy atom. The van der Waals surface area contributed by atoms with Crippen LogP contribution in [0.5, 0.6) is 0 Å². The van der Waals surface area contributed by atoms with Crippen molar-refractivity contribution >= 4 is 46.1 Å². The van der Waals surface area contributed by atoms with Crippen LogP contribution in [0, 0.1) is 0 Å². The molecule has 2 aromatic heterocycles. The van der Waals surface area contributed by atoms with Gasteiger partial charge < -0.3 is 10.2 Å². The Hall–Kier alpha value is -1.54. The van der Waals surface area contributed by atoms with E-state index < -0.39 is 5.38 Å². The topological polar surface area (TPSA) is 75.9 Å². The number of carbonyl (C=O) groups excluding carboxylic acids is 1. The van der Waals surface area contributed by atoms with Gasteiger partial charge in [0.25, 0.3) is 0 Å². The number of rotatable bonds is 7. The molecule has 1 aliphatic heterocycles. The highest BCUT2D eigenvalue weighted by Gasteiger charge is 2.20. The summed E-state index contributed by atoms with van der Waals surface area (Å²) in [5.41, 5.74) is 0.820. The number of alkyl halides is 1. The van der Waals surface area contributed by atoms with Gasteiger partial charge in [-0.25, -0.2) is 14.6 Å². The minimum atomic E-state index is -0.536. The standard InChI is InChI=1S/C16H23ClN6OS/c1-3-25-16-20-13(22-7-4-5-8-22)12-10-19-23(14(12)21-16)9-6-18-15(24)11(2)17/h10-11H,3-9H2,1-2H3,(H,18,24). The Kier molecular flexibility index (Phi) is 6.01. The van der Waals surface area contributed by atoms with E-state index in [1.165, 1.54) is 12.8 Å². The second-order valence-corrected chi connectivity index (χ2v) is 7.85. The van der Waals surface area contributed by atoms with Crippen molar-refractivity contribution in [2.24, 2.45) is 0 Å². The number of nitrogens with zero attached hydrogens (tertiary/aromatic N) is 5. The normalized spacial score (nSPS) is 15.7. The van der Waals surface area contributed by atoms with E-state index in [1.54, 1.807) is 18.7 Å². The summed E-state index contributed by atoms with van der Waals surface area (Å²) in [5, 5.41) is 8.48. The van der Waals surface area contributed by atoms with Gasteiger partial charge in [-0.1, -0.05) is 18.7 Å². The van der Waals surface area contributed by atoms with E-state index in [9.17, 15) is 4.79 Å². The number of carbonyl (C=O) groups is 1. The summed E-state index contributed by atoms with van der Waals surface area (Å²) in [6, 6.07) is 0. The fourth-order valence-corrected chi connectivity index (χ4v) is 3.51. The average molecular weight is 383 g/mol. The molecular weight excluding hydrogens is 360 g/mol. The first kappa shape index (κ1) is 18.3. The van der Waals surface area contributed by atoms with E-state index in [0.29, 0.717) is 13.1 Å². The van der Waals surface area contributed by atoms with Crippen LogP contribution in [0.25, 0.3) is 11.0 Å². The third-order valence-electron chi connectivity index (χ3n) is 4.12. The molecule has 1 N–H and O–H groups in total. The molecule has 2 aromatic rings. The van der Waals surface area contributed by atoms with Crippen LogP contribution >= 0.6 is 23.4 Å². The molecule has 3 rings (SSSR count). The van der Waals surface area contributed by atoms with Crippen LogP contribution in [0.1, 0.15) is 26.7 Å². The van der Waals surface area contributed by atoms with Crippen LogP contribution in [-0.4, -0.2) is 56.4 Å². The molecule has 0 aliphatic carbocycles. The number of anilines is 1. The van der Waals surface area contributed by atoms with Gasteiger partial charge in [0, 0.05) is 19.6 Å². The zero-order valence-corrected chi connectivity index (χ0v) is 16.1. The van der Waals surface area contributed by atoms with Crippen LogP contribution < -0.4 is 10.2 Å². The first-order chi connectivity index (χ1) is 12.1. The van der Waals surface area contributed by atoms with Crippen LogP contribution in [0.4, 0.5) is 5.82 Å². The number of nitrogens with one attached hydrogen (secondary N) is 1. The Morgan fingerprint density at radius 2 is 2.16 bits per heavy atom. The molecule has 7 nitrogen and oxygen atoms in total. The van der Waals surface area contributed by atoms with Gasteiger partial charge in [0.2, 0.25) is 5.91 Å². The molecule has 1 amide bonds. The highest BCUT2D eigenvalue weighted by atomic mass is 35.5. The van der Waals surface area contributed by atoms with Gasteiger partial charge in [-0.05, 0) is 25.5 Å². The minimum Gasteiger partial charge on any atom is -0.356 e. The largest absolute Gasteiger partial charge is 0.356 e. The summed E-state index contributed by atoms with van der Waals surface area (Å²) in [7, 11) is 0. The lowest BCUT2D eigenvalue weighted by Crippen LogP contribution is -2.32. The molecule has 0 aromatic carbocycles. The maximum atomic E-state index is 11.6. The van der Waals surface area contributed by atoms with Crippen LogP contribution in [-0.2, 0) is 11.3 Å². The third kappa shape index (κ3) is 4.17. The molecule has 3 heterocycles. The molecule has 1 fully saturated rings. The van der Waals surface area contributed by atoms with Gasteiger partial charge in [0.15, 0.2) is 10.8 Å². The summed E-state index contributed by atoms with van der Waals surface area (Å²) >= 11 is 7.40. The second-order valence-electron chi connectivity index (χ2n) is 5.97. The van der Waals surface area contributed by atoms with Crippen molar-refractivity contribution in [3.05, 3.63) is 6.20 Å². The first-order valence-corrected chi connectivity index (χ1v) is 10.1. The lowest BCUT2D eigenvalue weighted by Gasteiger charge is -2.17. The number of halogens is 1. The van der Waals surface area contributed by atoms with Gasteiger partial charge in [0.05, 0.1) is 18.1 Å². The predicted octanol–water partition coefficient (Wildman–Crippen LogP) is 2.28. The van der Waals surface area contributed by atoms with Crippen molar-refractivity contribution in [1.29, 1.82) is 0 Å². The molecule has 0 radical (unpaired) electrons. The smallest absolute Gasteiger partial charge is 0.237 e. The maximum absolute atomic E-state index is 11.6. The van der Waals surface area contributed by atoms with E-state index >= 15 is 0 Å². The predicted molar refractivity (Wildman–Crippen MR) is 101 cm³/mol. The molecule has 136 valence electrons. The Labute approximate surface area is 156 Å². The van der Waals surface area contributed by atoms with E-state index in [0.717, 1.165) is 40.9 Å². The van der Waals surface area contributed by atoms with E-state index in [4.69, 9.17) is 16.6 Å². The fraction of sp³-hybridized carbons (Fsp3) is 0.625. The van der Waals surface area contributed by atoms with Crippen molar-refractivity contribution in [2.45, 2.75) is 43.8 Å². The van der Waals surface area contributed by atoms with Crippen molar-refractivity contribution in [1.82, 2.24) is 25.1 Å². The summed E-state index contributed by atoms with van der Waals surface area (Å²) < 4.78 is 1.83. The lowest BCUT2D eigenvalue weighted by molar-refractivity contribution is -0.120. The highest BCUT2D eigenvalue weighted by molar-refractivity contribution is 7.99. The maximum Gasteiger partial charge on any atom is 0.237 e. The molecule has 9 heteroatoms. The van der Waals surface area contributed by atoms with E-state index in [1.807, 2.05) is 10.9 Å². The van der Waals surface area contributed by atoms with Gasteiger partial charge in [-0.3, -0.25) is 4.79 Å². The summed E-state index contributed by atoms with van der Waals surface area (Å²) in [6.45, 7) is 6.81. The Bertz CT molecular complexity index is 744. The molecule has 1 saturated heterocycles. The van der Waals surface area contributed by atoms with Gasteiger partial charge >= 0.3 is 0 Å². The third-order valence-corrected chi connectivity index (χ3v) is 5.05. The second kappa shape index (κ2) is 8.23. The molecule has 1 unspecified atom stereocenters. The number of thioether (sulfide) groups is 1. The van der Waals surface area contributed by atoms with Crippen molar-refractivity contribution in [3.63, 3.8) is 0 Å². The van der Waals surface area contributed by atoms with Crippen molar-refractivity contribution in [3.8, 4) is 0 Å². The summed E-state index contributed by atoms with van der Waals surface area (Å²) in [6.07, 6.45) is 4.21. The molecule has 0 spiro atoms. The van der Waals surface area contributed by atoms with Crippen molar-refractivity contribution < 1.29 is 4.79 Å². The fourth-order valence-electron chi connectivity index (χ4n) is 2.87. The molecule has 0 bridgehead atoms. The molecule has 1 atom stereocenters. The molecule has 25 heavy (non-hydrogen) atoms. The van der Waals surface area contributed by atoms with E-state index in [2.05, 4.69) is 27.2 Å². The van der Waals surface area contributed by atoms with Crippen LogP contribution in [0.3, 0.4) is 0 Å². The highest BCUT2D eigenvalue weighted by Crippen LogP contribution is 2.29. The number of aromatic nitrogens is 4. The lowest BCUT2D eigenvalue weighted by atomic mass is 10.3. The number of hydrogen-bond donors (Lipinski definition) is 1. The summed E-state index contributed by atoms with van der Waals surface area (Å²) in [4.78, 5) is 23.3. The average Bonchev–Trinajstić information content (AvgIpc) is 3.24. The first-order valence-electron chi connectivity index (χ1n) is 8.63. The van der Waals surface area contributed by atoms with Crippen LogP contribution in [0.15, 0.2) is 11.4 Å². The zero-order valence-electron chi connectivity index (χ0n) is 14.5. The zero-order chi connectivity index (χ0) is 17.8. The monoisotopic (exact) mass is 382 g/mol. The Balaban J connectivity index is 1.85. The SMILES string of the molecule is CCSc1nc(N2CCCC2)c2cnn(CCNC(=O)C(C)Cl)c2n1. The quantitative estimate of drug-likeness (QED) is 0.450. The summed E-state index contributed by atoms with van der Waals surface area (Å²) in [5.74, 6) is 1.72. The van der Waals surface area contributed by atoms with Crippen molar-refractivity contribution in [2.75, 3.05) is 30.3 Å². The Morgan fingerprint density at radius 3 is 2.84 bits per heavy atom. The van der Waals surface area contributed by atoms with Crippen LogP contribution in [0.2, 0.25) is 0 Å².